The SMILES string of the molecule is CN(CCCCNC(=O)NCCCOc1ccc(CN2CCCCC2)cc1)CCC(c1ccccc1)c1ccccn1. The average molecular weight is 572 g/mol. The Morgan fingerprint density at radius 3 is 2.36 bits per heavy atom. The number of piperidine rings is 1. The molecule has 0 radical (unpaired) electrons. The quantitative estimate of drug-likeness (QED) is 0.193. The van der Waals surface area contributed by atoms with Crippen LogP contribution in [0.3, 0.4) is 0 Å². The lowest BCUT2D eigenvalue weighted by Crippen LogP contribution is -2.37. The van der Waals surface area contributed by atoms with Crippen molar-refractivity contribution in [2.45, 2.75) is 57.4 Å². The van der Waals surface area contributed by atoms with Gasteiger partial charge in [0, 0.05) is 37.4 Å². The second-order valence-corrected chi connectivity index (χ2v) is 11.4. The van der Waals surface area contributed by atoms with Gasteiger partial charge in [0.25, 0.3) is 0 Å². The Labute approximate surface area is 252 Å². The lowest BCUT2D eigenvalue weighted by Gasteiger charge is -2.26. The number of unbranched alkanes of at least 4 members (excludes halogenated alkanes) is 1. The fraction of sp³-hybridized carbons (Fsp3) is 0.486. The topological polar surface area (TPSA) is 69.7 Å². The molecule has 1 aromatic heterocycles. The number of hydrogen-bond donors (Lipinski definition) is 2. The third kappa shape index (κ3) is 11.5. The predicted octanol–water partition coefficient (Wildman–Crippen LogP) is 6.07. The van der Waals surface area contributed by atoms with Crippen LogP contribution in [0.1, 0.15) is 67.7 Å². The van der Waals surface area contributed by atoms with Gasteiger partial charge in [0.2, 0.25) is 0 Å². The number of amides is 2. The van der Waals surface area contributed by atoms with E-state index in [1.807, 2.05) is 12.3 Å². The molecule has 2 amide bonds. The summed E-state index contributed by atoms with van der Waals surface area (Å²) in [6.07, 6.45) is 9.66. The van der Waals surface area contributed by atoms with Crippen LogP contribution in [0.2, 0.25) is 0 Å². The summed E-state index contributed by atoms with van der Waals surface area (Å²) >= 11 is 0. The zero-order chi connectivity index (χ0) is 29.2. The highest BCUT2D eigenvalue weighted by Gasteiger charge is 2.16. The molecule has 0 spiro atoms. The van der Waals surface area contributed by atoms with Gasteiger partial charge in [0.1, 0.15) is 5.75 Å². The van der Waals surface area contributed by atoms with Crippen molar-refractivity contribution in [2.75, 3.05) is 52.9 Å². The lowest BCUT2D eigenvalue weighted by molar-refractivity contribution is 0.221. The van der Waals surface area contributed by atoms with E-state index in [0.29, 0.717) is 25.6 Å². The van der Waals surface area contributed by atoms with E-state index in [9.17, 15) is 4.79 Å². The van der Waals surface area contributed by atoms with Crippen LogP contribution in [0.15, 0.2) is 79.0 Å². The lowest BCUT2D eigenvalue weighted by atomic mass is 9.92. The van der Waals surface area contributed by atoms with Crippen molar-refractivity contribution in [3.63, 3.8) is 0 Å². The Hall–Kier alpha value is -3.42. The monoisotopic (exact) mass is 571 g/mol. The number of nitrogens with zero attached hydrogens (tertiary/aromatic N) is 3. The molecule has 42 heavy (non-hydrogen) atoms. The number of nitrogens with one attached hydrogen (secondary N) is 2. The van der Waals surface area contributed by atoms with Crippen LogP contribution in [0.5, 0.6) is 5.75 Å². The van der Waals surface area contributed by atoms with Crippen LogP contribution in [0.4, 0.5) is 4.79 Å². The molecule has 226 valence electrons. The Morgan fingerprint density at radius 2 is 1.62 bits per heavy atom. The van der Waals surface area contributed by atoms with Crippen LogP contribution < -0.4 is 15.4 Å². The van der Waals surface area contributed by atoms with Gasteiger partial charge < -0.3 is 20.3 Å². The van der Waals surface area contributed by atoms with Crippen LogP contribution in [0.25, 0.3) is 0 Å². The van der Waals surface area contributed by atoms with Crippen LogP contribution in [0, 0.1) is 0 Å². The molecule has 1 atom stereocenters. The van der Waals surface area contributed by atoms with Crippen molar-refractivity contribution < 1.29 is 9.53 Å². The zero-order valence-electron chi connectivity index (χ0n) is 25.3. The van der Waals surface area contributed by atoms with E-state index in [0.717, 1.165) is 56.8 Å². The number of ether oxygens (including phenoxy) is 1. The maximum absolute atomic E-state index is 12.1. The van der Waals surface area contributed by atoms with Crippen molar-refractivity contribution in [1.82, 2.24) is 25.4 Å². The van der Waals surface area contributed by atoms with Gasteiger partial charge in [-0.2, -0.15) is 0 Å². The maximum Gasteiger partial charge on any atom is 0.314 e. The number of rotatable bonds is 17. The predicted molar refractivity (Wildman–Crippen MR) is 171 cm³/mol. The third-order valence-electron chi connectivity index (χ3n) is 7.95. The summed E-state index contributed by atoms with van der Waals surface area (Å²) in [5.74, 6) is 1.18. The van der Waals surface area contributed by atoms with Gasteiger partial charge in [0.15, 0.2) is 0 Å². The van der Waals surface area contributed by atoms with Gasteiger partial charge in [-0.15, -0.1) is 0 Å². The van der Waals surface area contributed by atoms with E-state index < -0.39 is 0 Å². The fourth-order valence-corrected chi connectivity index (χ4v) is 5.52. The van der Waals surface area contributed by atoms with Crippen molar-refractivity contribution in [1.29, 1.82) is 0 Å². The van der Waals surface area contributed by atoms with Crippen molar-refractivity contribution in [3.05, 3.63) is 95.8 Å². The minimum Gasteiger partial charge on any atom is -0.494 e. The van der Waals surface area contributed by atoms with Crippen molar-refractivity contribution in [2.24, 2.45) is 0 Å². The summed E-state index contributed by atoms with van der Waals surface area (Å²) in [5, 5.41) is 5.91. The number of aromatic nitrogens is 1. The molecule has 2 N–H and O–H groups in total. The van der Waals surface area contributed by atoms with Gasteiger partial charge >= 0.3 is 6.03 Å². The molecule has 1 saturated heterocycles. The smallest absolute Gasteiger partial charge is 0.314 e. The summed E-state index contributed by atoms with van der Waals surface area (Å²) in [5.41, 5.74) is 3.77. The number of urea groups is 1. The first-order valence-corrected chi connectivity index (χ1v) is 15.8. The number of pyridine rings is 1. The summed E-state index contributed by atoms with van der Waals surface area (Å²) in [7, 11) is 2.17. The molecule has 3 aromatic rings. The van der Waals surface area contributed by atoms with Gasteiger partial charge in [-0.1, -0.05) is 55.0 Å². The highest BCUT2D eigenvalue weighted by molar-refractivity contribution is 5.73. The number of carbonyl (C=O) groups is 1. The summed E-state index contributed by atoms with van der Waals surface area (Å²) in [6.45, 7) is 7.31. The first kappa shape index (κ1) is 31.5. The molecule has 4 rings (SSSR count). The van der Waals surface area contributed by atoms with E-state index >= 15 is 0 Å². The van der Waals surface area contributed by atoms with E-state index in [2.05, 4.69) is 99.2 Å². The molecule has 7 heteroatoms. The molecule has 1 aliphatic heterocycles. The maximum atomic E-state index is 12.1. The molecule has 2 aromatic carbocycles. The van der Waals surface area contributed by atoms with Crippen LogP contribution in [-0.2, 0) is 6.54 Å². The Bertz CT molecular complexity index is 1100. The third-order valence-corrected chi connectivity index (χ3v) is 7.95. The molecule has 1 aliphatic rings. The minimum atomic E-state index is -0.105. The molecule has 7 nitrogen and oxygen atoms in total. The molecule has 0 bridgehead atoms. The number of hydrogen-bond acceptors (Lipinski definition) is 5. The highest BCUT2D eigenvalue weighted by Crippen LogP contribution is 2.26. The van der Waals surface area contributed by atoms with Crippen LogP contribution >= 0.6 is 0 Å². The first-order valence-electron chi connectivity index (χ1n) is 15.8. The van der Waals surface area contributed by atoms with E-state index in [-0.39, 0.29) is 6.03 Å². The molecule has 0 aliphatic carbocycles. The molecule has 1 unspecified atom stereocenters. The Kier molecular flexibility index (Phi) is 13.6. The molecule has 1 fully saturated rings. The zero-order valence-corrected chi connectivity index (χ0v) is 25.3. The van der Waals surface area contributed by atoms with E-state index in [1.165, 1.54) is 43.5 Å². The Balaban J connectivity index is 1.01. The van der Waals surface area contributed by atoms with E-state index in [4.69, 9.17) is 4.74 Å². The number of carbonyl (C=O) groups excluding carboxylic acids is 1. The summed E-state index contributed by atoms with van der Waals surface area (Å²) in [4.78, 5) is 21.7. The fourth-order valence-electron chi connectivity index (χ4n) is 5.52. The van der Waals surface area contributed by atoms with Gasteiger partial charge in [-0.05, 0) is 107 Å². The molecule has 0 saturated carbocycles. The highest BCUT2D eigenvalue weighted by atomic mass is 16.5. The summed E-state index contributed by atoms with van der Waals surface area (Å²) < 4.78 is 5.86. The van der Waals surface area contributed by atoms with Crippen molar-refractivity contribution in [3.8, 4) is 5.75 Å². The number of benzene rings is 2. The largest absolute Gasteiger partial charge is 0.494 e. The second-order valence-electron chi connectivity index (χ2n) is 11.4. The van der Waals surface area contributed by atoms with Crippen LogP contribution in [-0.4, -0.2) is 73.7 Å². The van der Waals surface area contributed by atoms with E-state index in [1.54, 1.807) is 0 Å². The average Bonchev–Trinajstić information content (AvgIpc) is 3.03. The van der Waals surface area contributed by atoms with Crippen molar-refractivity contribution >= 4 is 6.03 Å². The molecule has 2 heterocycles. The van der Waals surface area contributed by atoms with Gasteiger partial charge in [0.05, 0.1) is 6.61 Å². The standard InChI is InChI=1S/C35H49N5O2/c1-39(27-20-33(31-13-4-2-5-14-31)34-15-6-7-21-36-34)24-11-8-22-37-35(41)38-23-12-28-42-32-18-16-30(17-19-32)29-40-25-9-3-10-26-40/h2,4-7,13-19,21,33H,3,8-12,20,22-29H2,1H3,(H2,37,38,41). The second kappa shape index (κ2) is 18.2. The van der Waals surface area contributed by atoms with Gasteiger partial charge in [-0.3, -0.25) is 9.88 Å². The normalized spacial score (nSPS) is 14.4. The van der Waals surface area contributed by atoms with Gasteiger partial charge in [-0.25, -0.2) is 4.79 Å². The Morgan fingerprint density at radius 1 is 0.881 bits per heavy atom. The summed E-state index contributed by atoms with van der Waals surface area (Å²) in [6, 6.07) is 25.1. The first-order chi connectivity index (χ1) is 20.7. The minimum absolute atomic E-state index is 0.105. The molecular weight excluding hydrogens is 522 g/mol. The molecular formula is C35H49N5O2. The number of likely N-dealkylation sites (tertiary alicyclic amines) is 1.